The molecule has 1 amide bonds. The molecule has 0 spiro atoms. The van der Waals surface area contributed by atoms with Gasteiger partial charge in [0.1, 0.15) is 5.54 Å². The summed E-state index contributed by atoms with van der Waals surface area (Å²) in [6.07, 6.45) is -5.63. The van der Waals surface area contributed by atoms with Crippen LogP contribution in [0.2, 0.25) is 0 Å². The van der Waals surface area contributed by atoms with Crippen molar-refractivity contribution in [3.05, 3.63) is 0 Å². The quantitative estimate of drug-likeness (QED) is 0.719. The van der Waals surface area contributed by atoms with Gasteiger partial charge in [0.25, 0.3) is 0 Å². The van der Waals surface area contributed by atoms with Crippen LogP contribution in [0.15, 0.2) is 0 Å². The predicted octanol–water partition coefficient (Wildman–Crippen LogP) is 1.65. The second-order valence-corrected chi connectivity index (χ2v) is 3.76. The molecule has 0 aliphatic heterocycles. The molecule has 1 atom stereocenters. The fourth-order valence-corrected chi connectivity index (χ4v) is 1.18. The molecule has 0 aromatic carbocycles. The second kappa shape index (κ2) is 5.18. The summed E-state index contributed by atoms with van der Waals surface area (Å²) < 4.78 is 35.7. The number of amides is 1. The first-order chi connectivity index (χ1) is 7.13. The molecule has 0 radical (unpaired) electrons. The van der Waals surface area contributed by atoms with E-state index < -0.39 is 24.1 Å². The van der Waals surface area contributed by atoms with Crippen molar-refractivity contribution in [1.82, 2.24) is 4.90 Å². The van der Waals surface area contributed by atoms with Crippen LogP contribution in [0.25, 0.3) is 0 Å². The molecular weight excluding hydrogens is 227 g/mol. The molecule has 1 N–H and O–H groups in total. The van der Waals surface area contributed by atoms with Gasteiger partial charge in [0.15, 0.2) is 0 Å². The highest BCUT2D eigenvalue weighted by Crippen LogP contribution is 2.27. The maximum absolute atomic E-state index is 11.9. The van der Waals surface area contributed by atoms with Gasteiger partial charge in [-0.05, 0) is 19.8 Å². The van der Waals surface area contributed by atoms with E-state index in [1.807, 2.05) is 0 Å². The number of hydrogen-bond donors (Lipinski definition) is 1. The Labute approximate surface area is 91.0 Å². The van der Waals surface area contributed by atoms with E-state index in [1.165, 1.54) is 14.0 Å². The van der Waals surface area contributed by atoms with Gasteiger partial charge in [-0.3, -0.25) is 4.79 Å². The molecule has 16 heavy (non-hydrogen) atoms. The zero-order chi connectivity index (χ0) is 13.0. The number of carboxylic acids is 1. The monoisotopic (exact) mass is 241 g/mol. The van der Waals surface area contributed by atoms with E-state index in [9.17, 15) is 22.8 Å². The molecule has 0 rings (SSSR count). The number of likely N-dealkylation sites (N-methyl/N-ethyl adjacent to an activating group) is 1. The second-order valence-electron chi connectivity index (χ2n) is 3.76. The van der Waals surface area contributed by atoms with Crippen LogP contribution in [0, 0.1) is 0 Å². The third kappa shape index (κ3) is 4.08. The average molecular weight is 241 g/mol. The summed E-state index contributed by atoms with van der Waals surface area (Å²) in [6.45, 7) is 1.22. The molecule has 0 aromatic heterocycles. The highest BCUT2D eigenvalue weighted by atomic mass is 19.4. The minimum Gasteiger partial charge on any atom is -0.480 e. The van der Waals surface area contributed by atoms with Crippen LogP contribution < -0.4 is 0 Å². The maximum atomic E-state index is 11.9. The number of hydrogen-bond acceptors (Lipinski definition) is 2. The first-order valence-electron chi connectivity index (χ1n) is 4.62. The van der Waals surface area contributed by atoms with E-state index in [0.717, 1.165) is 4.90 Å². The molecule has 0 aliphatic rings. The minimum absolute atomic E-state index is 0.239. The Morgan fingerprint density at radius 3 is 2.19 bits per heavy atom. The van der Waals surface area contributed by atoms with Crippen LogP contribution in [0.1, 0.15) is 26.2 Å². The number of carbonyl (C=O) groups is 2. The van der Waals surface area contributed by atoms with Crippen molar-refractivity contribution in [2.24, 2.45) is 0 Å². The van der Waals surface area contributed by atoms with Crippen molar-refractivity contribution in [1.29, 1.82) is 0 Å². The molecule has 4 nitrogen and oxygen atoms in total. The van der Waals surface area contributed by atoms with Gasteiger partial charge in [-0.15, -0.1) is 0 Å². The zero-order valence-corrected chi connectivity index (χ0v) is 9.04. The lowest BCUT2D eigenvalue weighted by atomic mass is 9.93. The van der Waals surface area contributed by atoms with Crippen molar-refractivity contribution in [3.63, 3.8) is 0 Å². The fraction of sp³-hybridized carbons (Fsp3) is 0.778. The van der Waals surface area contributed by atoms with Crippen molar-refractivity contribution in [3.8, 4) is 0 Å². The van der Waals surface area contributed by atoms with Crippen LogP contribution >= 0.6 is 0 Å². The molecule has 0 fully saturated rings. The summed E-state index contributed by atoms with van der Waals surface area (Å²) in [7, 11) is 1.23. The molecule has 0 aromatic rings. The SMILES string of the molecule is CN(C=O)C(C)(CCCC(F)(F)F)C(=O)O. The van der Waals surface area contributed by atoms with E-state index in [0.29, 0.717) is 6.41 Å². The number of halogens is 3. The third-order valence-electron chi connectivity index (χ3n) is 2.52. The summed E-state index contributed by atoms with van der Waals surface area (Å²) in [6, 6.07) is 0. The first kappa shape index (κ1) is 14.7. The van der Waals surface area contributed by atoms with Crippen LogP contribution in [-0.4, -0.2) is 41.1 Å². The lowest BCUT2D eigenvalue weighted by Gasteiger charge is -2.32. The Hall–Kier alpha value is -1.27. The number of aliphatic carboxylic acids is 1. The number of carbonyl (C=O) groups excluding carboxylic acids is 1. The van der Waals surface area contributed by atoms with E-state index in [1.54, 1.807) is 0 Å². The van der Waals surface area contributed by atoms with Gasteiger partial charge in [0, 0.05) is 13.5 Å². The average Bonchev–Trinajstić information content (AvgIpc) is 2.13. The summed E-state index contributed by atoms with van der Waals surface area (Å²) in [4.78, 5) is 22.2. The number of nitrogens with zero attached hydrogens (tertiary/aromatic N) is 1. The molecule has 0 saturated carbocycles. The Morgan fingerprint density at radius 1 is 1.38 bits per heavy atom. The van der Waals surface area contributed by atoms with Crippen LogP contribution in [0.3, 0.4) is 0 Å². The summed E-state index contributed by atoms with van der Waals surface area (Å²) in [5.41, 5.74) is -1.59. The molecule has 94 valence electrons. The van der Waals surface area contributed by atoms with Crippen molar-refractivity contribution < 1.29 is 27.9 Å². The van der Waals surface area contributed by atoms with E-state index in [4.69, 9.17) is 5.11 Å². The Kier molecular flexibility index (Phi) is 4.77. The van der Waals surface area contributed by atoms with Crippen molar-refractivity contribution in [2.45, 2.75) is 37.9 Å². The zero-order valence-electron chi connectivity index (χ0n) is 9.04. The van der Waals surface area contributed by atoms with E-state index >= 15 is 0 Å². The summed E-state index contributed by atoms with van der Waals surface area (Å²) >= 11 is 0. The standard InChI is InChI=1S/C9H14F3NO3/c1-8(7(15)16,13(2)6-14)4-3-5-9(10,11)12/h6H,3-5H2,1-2H3,(H,15,16). The smallest absolute Gasteiger partial charge is 0.389 e. The number of alkyl halides is 3. The van der Waals surface area contributed by atoms with Crippen LogP contribution in [-0.2, 0) is 9.59 Å². The van der Waals surface area contributed by atoms with Gasteiger partial charge in [-0.2, -0.15) is 13.2 Å². The van der Waals surface area contributed by atoms with Crippen LogP contribution in [0.4, 0.5) is 13.2 Å². The van der Waals surface area contributed by atoms with Gasteiger partial charge >= 0.3 is 12.1 Å². The van der Waals surface area contributed by atoms with E-state index in [2.05, 4.69) is 0 Å². The summed E-state index contributed by atoms with van der Waals surface area (Å²) in [5, 5.41) is 8.88. The lowest BCUT2D eigenvalue weighted by molar-refractivity contribution is -0.155. The van der Waals surface area contributed by atoms with Gasteiger partial charge in [0.2, 0.25) is 6.41 Å². The first-order valence-corrected chi connectivity index (χ1v) is 4.62. The maximum Gasteiger partial charge on any atom is 0.389 e. The molecular formula is C9H14F3NO3. The van der Waals surface area contributed by atoms with Gasteiger partial charge in [0.05, 0.1) is 0 Å². The molecule has 0 saturated heterocycles. The topological polar surface area (TPSA) is 57.6 Å². The molecule has 0 heterocycles. The Morgan fingerprint density at radius 2 is 1.88 bits per heavy atom. The van der Waals surface area contributed by atoms with Crippen molar-refractivity contribution in [2.75, 3.05) is 7.05 Å². The summed E-state index contributed by atoms with van der Waals surface area (Å²) in [5.74, 6) is -1.32. The molecule has 0 bridgehead atoms. The van der Waals surface area contributed by atoms with Gasteiger partial charge in [-0.1, -0.05) is 0 Å². The predicted molar refractivity (Wildman–Crippen MR) is 49.8 cm³/mol. The minimum atomic E-state index is -4.31. The molecule has 0 aliphatic carbocycles. The number of carboxylic acid groups (broad SMARTS) is 1. The highest BCUT2D eigenvalue weighted by Gasteiger charge is 2.38. The molecule has 1 unspecified atom stereocenters. The number of rotatable bonds is 6. The van der Waals surface area contributed by atoms with E-state index in [-0.39, 0.29) is 12.8 Å². The molecule has 7 heteroatoms. The Balaban J connectivity index is 4.47. The van der Waals surface area contributed by atoms with Crippen LogP contribution in [0.5, 0.6) is 0 Å². The van der Waals surface area contributed by atoms with Crippen molar-refractivity contribution >= 4 is 12.4 Å². The van der Waals surface area contributed by atoms with Gasteiger partial charge in [-0.25, -0.2) is 4.79 Å². The largest absolute Gasteiger partial charge is 0.480 e. The third-order valence-corrected chi connectivity index (χ3v) is 2.52. The highest BCUT2D eigenvalue weighted by molar-refractivity contribution is 5.80. The van der Waals surface area contributed by atoms with Gasteiger partial charge < -0.3 is 10.0 Å². The Bertz CT molecular complexity index is 267. The normalized spacial score (nSPS) is 15.3. The lowest BCUT2D eigenvalue weighted by Crippen LogP contribution is -2.49. The fourth-order valence-electron chi connectivity index (χ4n) is 1.18.